The first-order chi connectivity index (χ1) is 16.1. The molecule has 2 heterocycles. The summed E-state index contributed by atoms with van der Waals surface area (Å²) < 4.78 is 15.1. The first kappa shape index (κ1) is 23.5. The van der Waals surface area contributed by atoms with Gasteiger partial charge in [-0.3, -0.25) is 9.59 Å². The Morgan fingerprint density at radius 1 is 0.818 bits per heavy atom. The average Bonchev–Trinajstić information content (AvgIpc) is 3.66. The maximum Gasteiger partial charge on any atom is 0.223 e. The molecule has 0 aromatic rings. The lowest BCUT2D eigenvalue weighted by molar-refractivity contribution is -0.127. The third kappa shape index (κ3) is 5.55. The number of fused-ring (bicyclic) bond motifs is 1. The number of carbonyl (C=O) groups is 2. The molecule has 3 aliphatic carbocycles. The van der Waals surface area contributed by atoms with E-state index in [0.29, 0.717) is 23.7 Å². The second-order valence-electron chi connectivity index (χ2n) is 11.6. The molecule has 7 atom stereocenters. The van der Waals surface area contributed by atoms with Crippen molar-refractivity contribution in [1.82, 2.24) is 21.3 Å². The summed E-state index contributed by atoms with van der Waals surface area (Å²) in [6, 6.07) is -0.295. The van der Waals surface area contributed by atoms with Crippen LogP contribution in [0.15, 0.2) is 0 Å². The molecule has 7 heteroatoms. The zero-order chi connectivity index (χ0) is 22.8. The average molecular weight is 463 g/mol. The van der Waals surface area contributed by atoms with Gasteiger partial charge in [-0.2, -0.15) is 0 Å². The summed E-state index contributed by atoms with van der Waals surface area (Å²) in [6.07, 6.45) is 9.09. The molecular weight excluding hydrogens is 419 g/mol. The fraction of sp³-hybridized carbons (Fsp3) is 0.923. The van der Waals surface area contributed by atoms with E-state index in [1.54, 1.807) is 0 Å². The van der Waals surface area contributed by atoms with Crippen LogP contribution in [-0.2, 0) is 9.59 Å². The summed E-state index contributed by atoms with van der Waals surface area (Å²) in [5, 5.41) is 13.1. The minimum Gasteiger partial charge on any atom is -0.356 e. The first-order valence-corrected chi connectivity index (χ1v) is 13.7. The Labute approximate surface area is 198 Å². The van der Waals surface area contributed by atoms with Crippen molar-refractivity contribution in [3.63, 3.8) is 0 Å². The van der Waals surface area contributed by atoms with E-state index in [9.17, 15) is 9.59 Å². The highest BCUT2D eigenvalue weighted by Gasteiger charge is 2.50. The molecule has 0 bridgehead atoms. The van der Waals surface area contributed by atoms with Crippen molar-refractivity contribution in [2.75, 3.05) is 32.7 Å². The molecule has 2 aliphatic heterocycles. The van der Waals surface area contributed by atoms with Crippen LogP contribution in [0.4, 0.5) is 4.39 Å². The van der Waals surface area contributed by atoms with Crippen molar-refractivity contribution in [1.29, 1.82) is 0 Å². The Morgan fingerprint density at radius 2 is 1.61 bits per heavy atom. The maximum absolute atomic E-state index is 15.1. The lowest BCUT2D eigenvalue weighted by Crippen LogP contribution is -2.54. The van der Waals surface area contributed by atoms with E-state index in [1.165, 1.54) is 12.8 Å². The van der Waals surface area contributed by atoms with Crippen molar-refractivity contribution in [3.05, 3.63) is 0 Å². The highest BCUT2D eigenvalue weighted by atomic mass is 19.1. The van der Waals surface area contributed by atoms with Crippen LogP contribution in [0.2, 0.25) is 0 Å². The number of alkyl halides is 1. The SMILES string of the molecule is O=C(NCC1CCCNC1)C1CCC(C2CC2C(=O)NC2CCC3CNCCC3C2F)CC1. The van der Waals surface area contributed by atoms with Gasteiger partial charge in [0.05, 0.1) is 6.04 Å². The van der Waals surface area contributed by atoms with E-state index in [-0.39, 0.29) is 35.6 Å². The molecule has 5 aliphatic rings. The number of hydrogen-bond acceptors (Lipinski definition) is 4. The summed E-state index contributed by atoms with van der Waals surface area (Å²) in [5.74, 6) is 2.61. The smallest absolute Gasteiger partial charge is 0.223 e. The summed E-state index contributed by atoms with van der Waals surface area (Å²) in [5.41, 5.74) is 0. The Morgan fingerprint density at radius 3 is 2.39 bits per heavy atom. The van der Waals surface area contributed by atoms with E-state index in [0.717, 1.165) is 84.1 Å². The van der Waals surface area contributed by atoms with Crippen LogP contribution in [0.5, 0.6) is 0 Å². The number of halogens is 1. The minimum absolute atomic E-state index is 0.0668. The normalized spacial score (nSPS) is 43.2. The van der Waals surface area contributed by atoms with Gasteiger partial charge in [-0.05, 0) is 120 Å². The van der Waals surface area contributed by atoms with Gasteiger partial charge in [0.15, 0.2) is 0 Å². The van der Waals surface area contributed by atoms with Crippen molar-refractivity contribution < 1.29 is 14.0 Å². The number of carbonyl (C=O) groups excluding carboxylic acids is 2. The highest BCUT2D eigenvalue weighted by Crippen LogP contribution is 2.50. The number of hydrogen-bond donors (Lipinski definition) is 4. The summed E-state index contributed by atoms with van der Waals surface area (Å²) in [6.45, 7) is 4.73. The van der Waals surface area contributed by atoms with Gasteiger partial charge in [-0.15, -0.1) is 0 Å². The van der Waals surface area contributed by atoms with E-state index in [1.807, 2.05) is 0 Å². The van der Waals surface area contributed by atoms with E-state index in [4.69, 9.17) is 0 Å². The van der Waals surface area contributed by atoms with Gasteiger partial charge in [0.1, 0.15) is 6.17 Å². The van der Waals surface area contributed by atoms with Crippen LogP contribution in [0.1, 0.15) is 64.2 Å². The molecule has 5 rings (SSSR count). The summed E-state index contributed by atoms with van der Waals surface area (Å²) in [7, 11) is 0. The topological polar surface area (TPSA) is 82.3 Å². The number of rotatable bonds is 6. The predicted molar refractivity (Wildman–Crippen MR) is 126 cm³/mol. The third-order valence-electron chi connectivity index (χ3n) is 9.52. The molecule has 0 aromatic heterocycles. The van der Waals surface area contributed by atoms with Crippen LogP contribution in [-0.4, -0.2) is 56.8 Å². The van der Waals surface area contributed by atoms with Crippen LogP contribution in [0.3, 0.4) is 0 Å². The molecule has 0 spiro atoms. The molecule has 3 saturated carbocycles. The van der Waals surface area contributed by atoms with Crippen LogP contribution in [0.25, 0.3) is 0 Å². The van der Waals surface area contributed by atoms with Crippen LogP contribution >= 0.6 is 0 Å². The second-order valence-corrected chi connectivity index (χ2v) is 11.6. The molecule has 4 N–H and O–H groups in total. The van der Waals surface area contributed by atoms with Gasteiger partial charge in [0, 0.05) is 18.4 Å². The van der Waals surface area contributed by atoms with Gasteiger partial charge in [-0.1, -0.05) is 0 Å². The fourth-order valence-corrected chi connectivity index (χ4v) is 7.31. The Balaban J connectivity index is 1.02. The molecule has 2 amide bonds. The van der Waals surface area contributed by atoms with E-state index in [2.05, 4.69) is 21.3 Å². The summed E-state index contributed by atoms with van der Waals surface area (Å²) >= 11 is 0. The van der Waals surface area contributed by atoms with Gasteiger partial charge in [-0.25, -0.2) is 4.39 Å². The zero-order valence-corrected chi connectivity index (χ0v) is 20.0. The molecular formula is C26H43FN4O2. The van der Waals surface area contributed by atoms with Crippen LogP contribution < -0.4 is 21.3 Å². The summed E-state index contributed by atoms with van der Waals surface area (Å²) in [4.78, 5) is 25.5. The molecule has 7 unspecified atom stereocenters. The van der Waals surface area contributed by atoms with Gasteiger partial charge < -0.3 is 21.3 Å². The largest absolute Gasteiger partial charge is 0.356 e. The Kier molecular flexibility index (Phi) is 7.55. The molecule has 2 saturated heterocycles. The maximum atomic E-state index is 15.1. The number of nitrogens with one attached hydrogen (secondary N) is 4. The van der Waals surface area contributed by atoms with Crippen molar-refractivity contribution in [2.24, 2.45) is 41.4 Å². The van der Waals surface area contributed by atoms with Crippen molar-refractivity contribution >= 4 is 11.8 Å². The third-order valence-corrected chi connectivity index (χ3v) is 9.52. The molecule has 5 fully saturated rings. The van der Waals surface area contributed by atoms with Gasteiger partial charge in [0.2, 0.25) is 11.8 Å². The molecule has 6 nitrogen and oxygen atoms in total. The van der Waals surface area contributed by atoms with Crippen molar-refractivity contribution in [2.45, 2.75) is 76.4 Å². The van der Waals surface area contributed by atoms with E-state index < -0.39 is 6.17 Å². The fourth-order valence-electron chi connectivity index (χ4n) is 7.31. The number of amides is 2. The number of piperidine rings is 2. The first-order valence-electron chi connectivity index (χ1n) is 13.7. The van der Waals surface area contributed by atoms with Gasteiger partial charge >= 0.3 is 0 Å². The zero-order valence-electron chi connectivity index (χ0n) is 20.0. The standard InChI is InChI=1S/C26H43FN4O2/c27-24-20-9-11-29-15-19(20)7-8-23(24)31-26(33)22-12-21(22)17-3-5-18(6-4-17)25(32)30-14-16-2-1-10-28-13-16/h16-24,28-29H,1-15H2,(H,30,32)(H,31,33). The quantitative estimate of drug-likeness (QED) is 0.489. The second kappa shape index (κ2) is 10.6. The Bertz CT molecular complexity index is 692. The molecule has 0 aromatic carbocycles. The van der Waals surface area contributed by atoms with Gasteiger partial charge in [0.25, 0.3) is 0 Å². The molecule has 186 valence electrons. The van der Waals surface area contributed by atoms with E-state index >= 15 is 4.39 Å². The lowest BCUT2D eigenvalue weighted by atomic mass is 9.72. The minimum atomic E-state index is -0.898. The lowest BCUT2D eigenvalue weighted by Gasteiger charge is -2.42. The highest BCUT2D eigenvalue weighted by molar-refractivity contribution is 5.82. The van der Waals surface area contributed by atoms with Crippen LogP contribution in [0, 0.1) is 41.4 Å². The predicted octanol–water partition coefficient (Wildman–Crippen LogP) is 2.39. The van der Waals surface area contributed by atoms with Crippen molar-refractivity contribution in [3.8, 4) is 0 Å². The molecule has 0 radical (unpaired) electrons. The molecule has 33 heavy (non-hydrogen) atoms. The monoisotopic (exact) mass is 462 g/mol. The Hall–Kier alpha value is -1.21.